The Kier molecular flexibility index (Phi) is 5.44. The molecule has 0 bridgehead atoms. The van der Waals surface area contributed by atoms with Crippen LogP contribution in [0.3, 0.4) is 0 Å². The fourth-order valence-corrected chi connectivity index (χ4v) is 3.88. The standard InChI is InChI=1S/C23H18N2O3S/c1-15(26)17-10-7-11-18(14-17)24-22(27)21(16-8-3-2-4-9-16)29-23-25-19-12-5-6-13-20(19)28-23/h2-14,21H,1H3,(H,24,27)/t21-/m1/s1. The van der Waals surface area contributed by atoms with Crippen molar-refractivity contribution in [2.24, 2.45) is 0 Å². The first-order valence-electron chi connectivity index (χ1n) is 9.09. The topological polar surface area (TPSA) is 72.2 Å². The Morgan fingerprint density at radius 1 is 0.966 bits per heavy atom. The second-order valence-corrected chi connectivity index (χ2v) is 7.54. The van der Waals surface area contributed by atoms with Crippen LogP contribution in [0.15, 0.2) is 88.5 Å². The third-order valence-corrected chi connectivity index (χ3v) is 5.47. The number of carbonyl (C=O) groups is 2. The van der Waals surface area contributed by atoms with E-state index in [2.05, 4.69) is 10.3 Å². The van der Waals surface area contributed by atoms with Crippen molar-refractivity contribution in [2.45, 2.75) is 17.4 Å². The molecule has 0 aliphatic rings. The summed E-state index contributed by atoms with van der Waals surface area (Å²) in [5.41, 5.74) is 3.38. The highest BCUT2D eigenvalue weighted by atomic mass is 32.2. The van der Waals surface area contributed by atoms with Gasteiger partial charge >= 0.3 is 0 Å². The van der Waals surface area contributed by atoms with Crippen LogP contribution in [0.2, 0.25) is 0 Å². The van der Waals surface area contributed by atoms with Crippen molar-refractivity contribution < 1.29 is 14.0 Å². The number of hydrogen-bond acceptors (Lipinski definition) is 5. The largest absolute Gasteiger partial charge is 0.431 e. The highest BCUT2D eigenvalue weighted by Crippen LogP contribution is 2.37. The Bertz CT molecular complexity index is 1140. The minimum Gasteiger partial charge on any atom is -0.431 e. The van der Waals surface area contributed by atoms with E-state index in [1.54, 1.807) is 24.3 Å². The number of para-hydroxylation sites is 2. The van der Waals surface area contributed by atoms with Crippen molar-refractivity contribution in [3.05, 3.63) is 90.0 Å². The van der Waals surface area contributed by atoms with E-state index in [0.717, 1.165) is 11.1 Å². The zero-order chi connectivity index (χ0) is 20.2. The van der Waals surface area contributed by atoms with Gasteiger partial charge in [-0.15, -0.1) is 0 Å². The van der Waals surface area contributed by atoms with Crippen molar-refractivity contribution in [2.75, 3.05) is 5.32 Å². The van der Waals surface area contributed by atoms with Crippen LogP contribution in [0, 0.1) is 0 Å². The van der Waals surface area contributed by atoms with Crippen molar-refractivity contribution in [3.8, 4) is 0 Å². The van der Waals surface area contributed by atoms with E-state index in [4.69, 9.17) is 4.42 Å². The molecule has 1 amide bonds. The number of benzene rings is 3. The molecule has 1 heterocycles. The quantitative estimate of drug-likeness (QED) is 0.340. The van der Waals surface area contributed by atoms with E-state index in [1.165, 1.54) is 18.7 Å². The van der Waals surface area contributed by atoms with Crippen LogP contribution >= 0.6 is 11.8 Å². The summed E-state index contributed by atoms with van der Waals surface area (Å²) < 4.78 is 5.80. The van der Waals surface area contributed by atoms with Crippen LogP contribution in [0.5, 0.6) is 0 Å². The molecule has 0 radical (unpaired) electrons. The second-order valence-electron chi connectivity index (χ2n) is 6.48. The fourth-order valence-electron chi connectivity index (χ4n) is 2.93. The molecule has 4 aromatic rings. The molecule has 5 nitrogen and oxygen atoms in total. The lowest BCUT2D eigenvalue weighted by Gasteiger charge is -2.15. The van der Waals surface area contributed by atoms with Crippen molar-refractivity contribution in [1.82, 2.24) is 4.98 Å². The van der Waals surface area contributed by atoms with Gasteiger partial charge in [0.15, 0.2) is 11.4 Å². The highest BCUT2D eigenvalue weighted by Gasteiger charge is 2.25. The minimum absolute atomic E-state index is 0.0541. The van der Waals surface area contributed by atoms with Gasteiger partial charge < -0.3 is 9.73 Å². The number of Topliss-reactive ketones (excluding diaryl/α,β-unsaturated/α-hetero) is 1. The number of hydrogen-bond donors (Lipinski definition) is 1. The average Bonchev–Trinajstić information content (AvgIpc) is 3.15. The van der Waals surface area contributed by atoms with Crippen molar-refractivity contribution in [3.63, 3.8) is 0 Å². The van der Waals surface area contributed by atoms with E-state index >= 15 is 0 Å². The maximum absolute atomic E-state index is 13.1. The predicted octanol–water partition coefficient (Wildman–Crippen LogP) is 5.50. The van der Waals surface area contributed by atoms with Crippen LogP contribution in [0.25, 0.3) is 11.1 Å². The molecule has 3 aromatic carbocycles. The van der Waals surface area contributed by atoms with Crippen LogP contribution < -0.4 is 5.32 Å². The average molecular weight is 402 g/mol. The molecule has 1 N–H and O–H groups in total. The molecule has 0 saturated heterocycles. The summed E-state index contributed by atoms with van der Waals surface area (Å²) in [6, 6.07) is 23.9. The minimum atomic E-state index is -0.565. The number of ketones is 1. The molecular weight excluding hydrogens is 384 g/mol. The molecule has 0 aliphatic carbocycles. The van der Waals surface area contributed by atoms with Crippen molar-refractivity contribution >= 4 is 40.2 Å². The monoisotopic (exact) mass is 402 g/mol. The van der Waals surface area contributed by atoms with Crippen molar-refractivity contribution in [1.29, 1.82) is 0 Å². The first-order valence-corrected chi connectivity index (χ1v) is 9.97. The molecule has 0 fully saturated rings. The molecule has 0 saturated carbocycles. The summed E-state index contributed by atoms with van der Waals surface area (Å²) in [5, 5.41) is 2.77. The SMILES string of the molecule is CC(=O)c1cccc(NC(=O)[C@H](Sc2nc3ccccc3o2)c2ccccc2)c1. The van der Waals surface area contributed by atoms with E-state index in [-0.39, 0.29) is 11.7 Å². The van der Waals surface area contributed by atoms with Gasteiger partial charge in [0.2, 0.25) is 5.91 Å². The molecule has 1 aromatic heterocycles. The highest BCUT2D eigenvalue weighted by molar-refractivity contribution is 8.00. The number of fused-ring (bicyclic) bond motifs is 1. The van der Waals surface area contributed by atoms with Crippen LogP contribution in [-0.4, -0.2) is 16.7 Å². The van der Waals surface area contributed by atoms with Gasteiger partial charge in [-0.25, -0.2) is 4.98 Å². The Labute approximate surface area is 172 Å². The summed E-state index contributed by atoms with van der Waals surface area (Å²) in [4.78, 5) is 29.2. The maximum Gasteiger partial charge on any atom is 0.257 e. The molecule has 1 atom stereocenters. The molecule has 6 heteroatoms. The molecule has 0 aliphatic heterocycles. The Hall–Kier alpha value is -3.38. The van der Waals surface area contributed by atoms with Crippen LogP contribution in [-0.2, 0) is 4.79 Å². The Morgan fingerprint density at radius 3 is 2.48 bits per heavy atom. The maximum atomic E-state index is 13.1. The lowest BCUT2D eigenvalue weighted by molar-refractivity contribution is -0.115. The van der Waals surface area contributed by atoms with Crippen LogP contribution in [0.1, 0.15) is 28.1 Å². The van der Waals surface area contributed by atoms with Gasteiger partial charge in [-0.3, -0.25) is 9.59 Å². The molecule has 0 spiro atoms. The first kappa shape index (κ1) is 19.0. The summed E-state index contributed by atoms with van der Waals surface area (Å²) in [5.74, 6) is -0.272. The Balaban J connectivity index is 1.62. The number of rotatable bonds is 6. The number of oxazole rings is 1. The number of nitrogens with one attached hydrogen (secondary N) is 1. The van der Waals surface area contributed by atoms with Gasteiger partial charge in [0.25, 0.3) is 5.22 Å². The second kappa shape index (κ2) is 8.32. The van der Waals surface area contributed by atoms with Gasteiger partial charge in [-0.1, -0.05) is 54.6 Å². The zero-order valence-electron chi connectivity index (χ0n) is 15.7. The molecule has 4 rings (SSSR count). The Morgan fingerprint density at radius 2 is 1.72 bits per heavy atom. The lowest BCUT2D eigenvalue weighted by atomic mass is 10.1. The number of thioether (sulfide) groups is 1. The predicted molar refractivity (Wildman–Crippen MR) is 114 cm³/mol. The van der Waals surface area contributed by atoms with Gasteiger partial charge in [0, 0.05) is 11.3 Å². The summed E-state index contributed by atoms with van der Waals surface area (Å²) in [7, 11) is 0. The van der Waals surface area contributed by atoms with E-state index in [1.807, 2.05) is 54.6 Å². The van der Waals surface area contributed by atoms with Gasteiger partial charge in [0.1, 0.15) is 10.8 Å². The van der Waals surface area contributed by atoms with Gasteiger partial charge in [0.05, 0.1) is 0 Å². The number of aromatic nitrogens is 1. The summed E-state index contributed by atoms with van der Waals surface area (Å²) in [6.45, 7) is 1.50. The first-order chi connectivity index (χ1) is 14.1. The third kappa shape index (κ3) is 4.38. The summed E-state index contributed by atoms with van der Waals surface area (Å²) >= 11 is 1.25. The zero-order valence-corrected chi connectivity index (χ0v) is 16.5. The third-order valence-electron chi connectivity index (χ3n) is 4.37. The number of nitrogens with zero attached hydrogens (tertiary/aromatic N) is 1. The molecule has 144 valence electrons. The fraction of sp³-hybridized carbons (Fsp3) is 0.0870. The molecule has 29 heavy (non-hydrogen) atoms. The lowest BCUT2D eigenvalue weighted by Crippen LogP contribution is -2.19. The van der Waals surface area contributed by atoms with Crippen LogP contribution in [0.4, 0.5) is 5.69 Å². The number of carbonyl (C=O) groups excluding carboxylic acids is 2. The normalized spacial score (nSPS) is 11.9. The van der Waals surface area contributed by atoms with Gasteiger partial charge in [-0.2, -0.15) is 0 Å². The van der Waals surface area contributed by atoms with Gasteiger partial charge in [-0.05, 0) is 48.5 Å². The smallest absolute Gasteiger partial charge is 0.257 e. The van der Waals surface area contributed by atoms with E-state index < -0.39 is 5.25 Å². The van der Waals surface area contributed by atoms with E-state index in [9.17, 15) is 9.59 Å². The number of amides is 1. The molecular formula is C23H18N2O3S. The number of anilines is 1. The molecule has 0 unspecified atom stereocenters. The summed E-state index contributed by atoms with van der Waals surface area (Å²) in [6.07, 6.45) is 0. The van der Waals surface area contributed by atoms with E-state index in [0.29, 0.717) is 22.1 Å².